The predicted molar refractivity (Wildman–Crippen MR) is 150 cm³/mol. The van der Waals surface area contributed by atoms with Gasteiger partial charge >= 0.3 is 0 Å². The summed E-state index contributed by atoms with van der Waals surface area (Å²) in [7, 11) is 0. The van der Waals surface area contributed by atoms with Crippen molar-refractivity contribution in [3.05, 3.63) is 77.4 Å². The van der Waals surface area contributed by atoms with E-state index in [1.165, 1.54) is 16.6 Å². The molecule has 0 spiro atoms. The first kappa shape index (κ1) is 25.6. The quantitative estimate of drug-likeness (QED) is 0.345. The van der Waals surface area contributed by atoms with Crippen LogP contribution >= 0.6 is 0 Å². The first-order chi connectivity index (χ1) is 18.3. The van der Waals surface area contributed by atoms with E-state index in [1.54, 1.807) is 42.8 Å². The van der Waals surface area contributed by atoms with Crippen molar-refractivity contribution >= 4 is 28.4 Å². The van der Waals surface area contributed by atoms with Gasteiger partial charge in [0.15, 0.2) is 11.5 Å². The Hall–Kier alpha value is -4.02. The smallest absolute Gasteiger partial charge is 0.278 e. The molecule has 198 valence electrons. The molecule has 0 saturated carbocycles. The standard InChI is InChI=1S/C28H34N8O2/c1-5-14-35-26(37)22-19-29-27(32-25(22)36(35)24-9-7-8-23(31-24)28(3,4)38)30-20-10-12-21(13-11-20)34-17-15-33(6-2)16-18-34/h5,7-13,19,38H,1,6,14-18H2,2-4H3,(H,29,30,32). The van der Waals surface area contributed by atoms with Crippen LogP contribution < -0.4 is 15.8 Å². The second-order valence-corrected chi connectivity index (χ2v) is 9.95. The van der Waals surface area contributed by atoms with Gasteiger partial charge in [0, 0.05) is 43.8 Å². The average molecular weight is 515 g/mol. The van der Waals surface area contributed by atoms with E-state index in [9.17, 15) is 9.90 Å². The van der Waals surface area contributed by atoms with Crippen LogP contribution in [0.4, 0.5) is 17.3 Å². The molecule has 1 aliphatic heterocycles. The van der Waals surface area contributed by atoms with Crippen molar-refractivity contribution in [1.29, 1.82) is 0 Å². The second kappa shape index (κ2) is 10.4. The lowest BCUT2D eigenvalue weighted by Gasteiger charge is -2.35. The Balaban J connectivity index is 1.47. The van der Waals surface area contributed by atoms with Gasteiger partial charge in [-0.25, -0.2) is 19.3 Å². The van der Waals surface area contributed by atoms with E-state index in [0.29, 0.717) is 28.5 Å². The molecule has 5 rings (SSSR count). The maximum absolute atomic E-state index is 13.2. The molecule has 0 bridgehead atoms. The minimum absolute atomic E-state index is 0.241. The number of hydrogen-bond donors (Lipinski definition) is 2. The Morgan fingerprint density at radius 3 is 2.47 bits per heavy atom. The summed E-state index contributed by atoms with van der Waals surface area (Å²) >= 11 is 0. The van der Waals surface area contributed by atoms with Crippen LogP contribution in [-0.2, 0) is 12.1 Å². The van der Waals surface area contributed by atoms with Gasteiger partial charge in [0.05, 0.1) is 12.2 Å². The molecule has 38 heavy (non-hydrogen) atoms. The lowest BCUT2D eigenvalue weighted by atomic mass is 10.1. The Morgan fingerprint density at radius 2 is 1.82 bits per heavy atom. The highest BCUT2D eigenvalue weighted by Crippen LogP contribution is 2.23. The molecule has 0 unspecified atom stereocenters. The maximum Gasteiger partial charge on any atom is 0.278 e. The first-order valence-corrected chi connectivity index (χ1v) is 12.9. The Bertz CT molecular complexity index is 1490. The number of aliphatic hydroxyl groups is 1. The molecule has 1 aromatic carbocycles. The largest absolute Gasteiger partial charge is 0.384 e. The van der Waals surface area contributed by atoms with Gasteiger partial charge in [-0.2, -0.15) is 4.98 Å². The van der Waals surface area contributed by atoms with Gasteiger partial charge < -0.3 is 20.2 Å². The number of likely N-dealkylation sites (N-methyl/N-ethyl adjacent to an activating group) is 1. The number of allylic oxidation sites excluding steroid dienone is 1. The van der Waals surface area contributed by atoms with Crippen molar-refractivity contribution in [2.24, 2.45) is 0 Å². The summed E-state index contributed by atoms with van der Waals surface area (Å²) < 4.78 is 3.17. The summed E-state index contributed by atoms with van der Waals surface area (Å²) in [4.78, 5) is 31.8. The number of benzene rings is 1. The van der Waals surface area contributed by atoms with E-state index in [0.717, 1.165) is 38.4 Å². The van der Waals surface area contributed by atoms with Crippen LogP contribution in [0.5, 0.6) is 0 Å². The minimum Gasteiger partial charge on any atom is -0.384 e. The molecule has 0 radical (unpaired) electrons. The monoisotopic (exact) mass is 514 g/mol. The van der Waals surface area contributed by atoms with Crippen LogP contribution in [0.3, 0.4) is 0 Å². The molecule has 1 saturated heterocycles. The summed E-state index contributed by atoms with van der Waals surface area (Å²) in [5.74, 6) is 0.834. The molecule has 0 atom stereocenters. The number of rotatable bonds is 8. The Labute approximate surface area is 221 Å². The minimum atomic E-state index is -1.14. The van der Waals surface area contributed by atoms with Crippen molar-refractivity contribution < 1.29 is 5.11 Å². The molecule has 4 heterocycles. The average Bonchev–Trinajstić information content (AvgIpc) is 3.19. The molecule has 10 heteroatoms. The van der Waals surface area contributed by atoms with Crippen molar-refractivity contribution in [2.75, 3.05) is 42.9 Å². The third-order valence-corrected chi connectivity index (χ3v) is 6.86. The summed E-state index contributed by atoms with van der Waals surface area (Å²) in [5, 5.41) is 14.1. The zero-order valence-electron chi connectivity index (χ0n) is 22.1. The van der Waals surface area contributed by atoms with Crippen LogP contribution in [-0.4, -0.2) is 67.0 Å². The Morgan fingerprint density at radius 1 is 1.08 bits per heavy atom. The third kappa shape index (κ3) is 5.05. The number of nitrogens with zero attached hydrogens (tertiary/aromatic N) is 7. The zero-order valence-corrected chi connectivity index (χ0v) is 22.1. The number of pyridine rings is 1. The molecule has 1 aliphatic rings. The number of aromatic nitrogens is 5. The fourth-order valence-corrected chi connectivity index (χ4v) is 4.70. The number of piperazine rings is 1. The molecule has 10 nitrogen and oxygen atoms in total. The SMILES string of the molecule is C=CCn1c(=O)c2cnc(Nc3ccc(N4CCN(CC)CC4)cc3)nc2n1-c1cccc(C(C)(C)O)n1. The van der Waals surface area contributed by atoms with Crippen molar-refractivity contribution in [3.8, 4) is 5.82 Å². The van der Waals surface area contributed by atoms with Gasteiger partial charge in [0.1, 0.15) is 11.0 Å². The fourth-order valence-electron chi connectivity index (χ4n) is 4.70. The van der Waals surface area contributed by atoms with Crippen LogP contribution in [0, 0.1) is 0 Å². The van der Waals surface area contributed by atoms with Gasteiger partial charge in [-0.15, -0.1) is 6.58 Å². The first-order valence-electron chi connectivity index (χ1n) is 12.9. The lowest BCUT2D eigenvalue weighted by molar-refractivity contribution is 0.0738. The summed E-state index contributed by atoms with van der Waals surface area (Å²) in [6.07, 6.45) is 3.18. The topological polar surface area (TPSA) is 104 Å². The van der Waals surface area contributed by atoms with E-state index in [1.807, 2.05) is 12.1 Å². The van der Waals surface area contributed by atoms with Crippen molar-refractivity contribution in [1.82, 2.24) is 29.2 Å². The molecule has 2 N–H and O–H groups in total. The fraction of sp³-hybridized carbons (Fsp3) is 0.357. The van der Waals surface area contributed by atoms with Crippen LogP contribution in [0.15, 0.2) is 66.1 Å². The number of anilines is 3. The Kier molecular flexibility index (Phi) is 7.00. The van der Waals surface area contributed by atoms with Gasteiger partial charge in [-0.1, -0.05) is 19.1 Å². The van der Waals surface area contributed by atoms with Gasteiger partial charge in [0.2, 0.25) is 5.95 Å². The van der Waals surface area contributed by atoms with Gasteiger partial charge in [-0.3, -0.25) is 4.79 Å². The van der Waals surface area contributed by atoms with Gasteiger partial charge in [0.25, 0.3) is 5.56 Å². The molecular weight excluding hydrogens is 480 g/mol. The van der Waals surface area contributed by atoms with Crippen molar-refractivity contribution in [3.63, 3.8) is 0 Å². The number of nitrogens with one attached hydrogen (secondary N) is 1. The summed E-state index contributed by atoms with van der Waals surface area (Å²) in [5.41, 5.74) is 1.56. The van der Waals surface area contributed by atoms with E-state index in [2.05, 4.69) is 50.7 Å². The predicted octanol–water partition coefficient (Wildman–Crippen LogP) is 3.28. The highest BCUT2D eigenvalue weighted by Gasteiger charge is 2.22. The molecule has 3 aromatic heterocycles. The highest BCUT2D eigenvalue weighted by molar-refractivity contribution is 5.77. The van der Waals surface area contributed by atoms with Gasteiger partial charge in [-0.05, 0) is 56.8 Å². The summed E-state index contributed by atoms with van der Waals surface area (Å²) in [6.45, 7) is 14.9. The lowest BCUT2D eigenvalue weighted by Crippen LogP contribution is -2.46. The highest BCUT2D eigenvalue weighted by atomic mass is 16.3. The van der Waals surface area contributed by atoms with Crippen LogP contribution in [0.1, 0.15) is 26.5 Å². The zero-order chi connectivity index (χ0) is 26.9. The summed E-state index contributed by atoms with van der Waals surface area (Å²) in [6, 6.07) is 13.6. The number of hydrogen-bond acceptors (Lipinski definition) is 8. The second-order valence-electron chi connectivity index (χ2n) is 9.95. The third-order valence-electron chi connectivity index (χ3n) is 6.86. The van der Waals surface area contributed by atoms with E-state index in [4.69, 9.17) is 4.98 Å². The van der Waals surface area contributed by atoms with Crippen LogP contribution in [0.2, 0.25) is 0 Å². The normalized spacial score (nSPS) is 14.7. The molecule has 0 amide bonds. The molecule has 0 aliphatic carbocycles. The molecule has 1 fully saturated rings. The van der Waals surface area contributed by atoms with Crippen molar-refractivity contribution in [2.45, 2.75) is 32.9 Å². The molecular formula is C28H34N8O2. The maximum atomic E-state index is 13.2. The molecule has 4 aromatic rings. The van der Waals surface area contributed by atoms with E-state index in [-0.39, 0.29) is 12.1 Å². The van der Waals surface area contributed by atoms with E-state index >= 15 is 0 Å². The van der Waals surface area contributed by atoms with E-state index < -0.39 is 5.60 Å². The number of fused-ring (bicyclic) bond motifs is 1. The van der Waals surface area contributed by atoms with Crippen LogP contribution in [0.25, 0.3) is 16.9 Å².